The number of carbonyl (C=O) groups is 1. The van der Waals surface area contributed by atoms with Crippen LogP contribution < -0.4 is 15.5 Å². The Balaban J connectivity index is 1.87. The third kappa shape index (κ3) is 3.87. The summed E-state index contributed by atoms with van der Waals surface area (Å²) in [5.41, 5.74) is 1.96. The van der Waals surface area contributed by atoms with E-state index in [0.717, 1.165) is 38.2 Å². The fourth-order valence-electron chi connectivity index (χ4n) is 2.35. The monoisotopic (exact) mass is 277 g/mol. The lowest BCUT2D eigenvalue weighted by Gasteiger charge is -2.21. The summed E-state index contributed by atoms with van der Waals surface area (Å²) < 4.78 is 5.36. The SMILES string of the molecule is CCN(CC)c1ccc(NC(=O)NC2CCCO2)cc1. The average Bonchev–Trinajstić information content (AvgIpc) is 2.94. The molecular weight excluding hydrogens is 254 g/mol. The highest BCUT2D eigenvalue weighted by Gasteiger charge is 2.17. The number of hydrogen-bond acceptors (Lipinski definition) is 3. The molecule has 1 aromatic carbocycles. The van der Waals surface area contributed by atoms with Crippen molar-refractivity contribution in [2.24, 2.45) is 0 Å². The van der Waals surface area contributed by atoms with Crippen LogP contribution in [0.5, 0.6) is 0 Å². The first-order valence-electron chi connectivity index (χ1n) is 7.27. The molecule has 0 saturated carbocycles. The Labute approximate surface area is 120 Å². The molecule has 5 nitrogen and oxygen atoms in total. The van der Waals surface area contributed by atoms with Gasteiger partial charge in [0, 0.05) is 31.1 Å². The van der Waals surface area contributed by atoms with E-state index in [9.17, 15) is 4.79 Å². The molecule has 1 unspecified atom stereocenters. The molecule has 110 valence electrons. The number of carbonyl (C=O) groups excluding carboxylic acids is 1. The van der Waals surface area contributed by atoms with Crippen molar-refractivity contribution in [2.45, 2.75) is 32.9 Å². The van der Waals surface area contributed by atoms with Gasteiger partial charge in [-0.25, -0.2) is 4.79 Å². The first-order chi connectivity index (χ1) is 9.72. The van der Waals surface area contributed by atoms with Crippen LogP contribution in [0.25, 0.3) is 0 Å². The quantitative estimate of drug-likeness (QED) is 0.870. The van der Waals surface area contributed by atoms with E-state index in [2.05, 4.69) is 29.4 Å². The van der Waals surface area contributed by atoms with Crippen LogP contribution in [-0.2, 0) is 4.74 Å². The number of rotatable bonds is 5. The second kappa shape index (κ2) is 7.14. The number of hydrogen-bond donors (Lipinski definition) is 2. The minimum absolute atomic E-state index is 0.148. The van der Waals surface area contributed by atoms with E-state index in [1.807, 2.05) is 24.3 Å². The molecule has 0 radical (unpaired) electrons. The van der Waals surface area contributed by atoms with Gasteiger partial charge in [0.1, 0.15) is 6.23 Å². The molecule has 0 bridgehead atoms. The van der Waals surface area contributed by atoms with Crippen molar-refractivity contribution in [3.8, 4) is 0 Å². The molecular formula is C15H23N3O2. The summed E-state index contributed by atoms with van der Waals surface area (Å²) in [6.45, 7) is 6.94. The van der Waals surface area contributed by atoms with E-state index >= 15 is 0 Å². The van der Waals surface area contributed by atoms with Gasteiger partial charge in [-0.3, -0.25) is 0 Å². The smallest absolute Gasteiger partial charge is 0.321 e. The van der Waals surface area contributed by atoms with Crippen LogP contribution in [0, 0.1) is 0 Å². The minimum atomic E-state index is -0.215. The topological polar surface area (TPSA) is 53.6 Å². The van der Waals surface area contributed by atoms with E-state index in [4.69, 9.17) is 4.74 Å². The molecule has 5 heteroatoms. The molecule has 1 heterocycles. The molecule has 1 atom stereocenters. The second-order valence-electron chi connectivity index (χ2n) is 4.82. The Bertz CT molecular complexity index is 423. The van der Waals surface area contributed by atoms with E-state index in [-0.39, 0.29) is 12.3 Å². The number of ether oxygens (including phenoxy) is 1. The summed E-state index contributed by atoms with van der Waals surface area (Å²) in [6.07, 6.45) is 1.74. The van der Waals surface area contributed by atoms with Gasteiger partial charge in [0.15, 0.2) is 0 Å². The molecule has 1 saturated heterocycles. The molecule has 1 fully saturated rings. The molecule has 1 aromatic rings. The van der Waals surface area contributed by atoms with Crippen molar-refractivity contribution in [1.29, 1.82) is 0 Å². The predicted octanol–water partition coefficient (Wildman–Crippen LogP) is 2.79. The van der Waals surface area contributed by atoms with Crippen LogP contribution in [0.15, 0.2) is 24.3 Å². The number of benzene rings is 1. The van der Waals surface area contributed by atoms with Gasteiger partial charge in [-0.2, -0.15) is 0 Å². The zero-order valence-corrected chi connectivity index (χ0v) is 12.2. The van der Waals surface area contributed by atoms with Gasteiger partial charge in [-0.05, 0) is 51.0 Å². The molecule has 0 spiro atoms. The molecule has 2 rings (SSSR count). The average molecular weight is 277 g/mol. The van der Waals surface area contributed by atoms with Gasteiger partial charge in [-0.1, -0.05) is 0 Å². The van der Waals surface area contributed by atoms with Crippen molar-refractivity contribution in [1.82, 2.24) is 5.32 Å². The van der Waals surface area contributed by atoms with Crippen molar-refractivity contribution >= 4 is 17.4 Å². The van der Waals surface area contributed by atoms with Crippen LogP contribution >= 0.6 is 0 Å². The number of nitrogens with zero attached hydrogens (tertiary/aromatic N) is 1. The maximum absolute atomic E-state index is 11.8. The van der Waals surface area contributed by atoms with Crippen LogP contribution in [0.3, 0.4) is 0 Å². The third-order valence-electron chi connectivity index (χ3n) is 3.48. The van der Waals surface area contributed by atoms with Crippen LogP contribution in [0.2, 0.25) is 0 Å². The normalized spacial score (nSPS) is 17.8. The third-order valence-corrected chi connectivity index (χ3v) is 3.48. The zero-order valence-electron chi connectivity index (χ0n) is 12.2. The molecule has 20 heavy (non-hydrogen) atoms. The summed E-state index contributed by atoms with van der Waals surface area (Å²) >= 11 is 0. The standard InChI is InChI=1S/C15H23N3O2/c1-3-18(4-2)13-9-7-12(8-10-13)16-15(19)17-14-6-5-11-20-14/h7-10,14H,3-6,11H2,1-2H3,(H2,16,17,19). The summed E-state index contributed by atoms with van der Waals surface area (Å²) in [6, 6.07) is 7.67. The second-order valence-corrected chi connectivity index (χ2v) is 4.82. The Morgan fingerprint density at radius 1 is 1.30 bits per heavy atom. The van der Waals surface area contributed by atoms with Crippen molar-refractivity contribution in [3.63, 3.8) is 0 Å². The highest BCUT2D eigenvalue weighted by atomic mass is 16.5. The number of nitrogens with one attached hydrogen (secondary N) is 2. The molecule has 1 aliphatic heterocycles. The fourth-order valence-corrected chi connectivity index (χ4v) is 2.35. The number of urea groups is 1. The molecule has 2 amide bonds. The minimum Gasteiger partial charge on any atom is -0.372 e. The van der Waals surface area contributed by atoms with Crippen LogP contribution in [0.1, 0.15) is 26.7 Å². The summed E-state index contributed by atoms with van der Waals surface area (Å²) in [7, 11) is 0. The summed E-state index contributed by atoms with van der Waals surface area (Å²) in [5.74, 6) is 0. The lowest BCUT2D eigenvalue weighted by atomic mass is 10.2. The van der Waals surface area contributed by atoms with E-state index < -0.39 is 0 Å². The van der Waals surface area contributed by atoms with Gasteiger partial charge in [0.25, 0.3) is 0 Å². The lowest BCUT2D eigenvalue weighted by Crippen LogP contribution is -2.37. The fraction of sp³-hybridized carbons (Fsp3) is 0.533. The van der Waals surface area contributed by atoms with Gasteiger partial charge in [-0.15, -0.1) is 0 Å². The first kappa shape index (κ1) is 14.7. The largest absolute Gasteiger partial charge is 0.372 e. The summed E-state index contributed by atoms with van der Waals surface area (Å²) in [5, 5.41) is 5.63. The van der Waals surface area contributed by atoms with Gasteiger partial charge in [0.05, 0.1) is 0 Å². The maximum Gasteiger partial charge on any atom is 0.321 e. The Morgan fingerprint density at radius 3 is 2.55 bits per heavy atom. The lowest BCUT2D eigenvalue weighted by molar-refractivity contribution is 0.0928. The zero-order chi connectivity index (χ0) is 14.4. The van der Waals surface area contributed by atoms with Crippen molar-refractivity contribution in [3.05, 3.63) is 24.3 Å². The highest BCUT2D eigenvalue weighted by molar-refractivity contribution is 5.89. The highest BCUT2D eigenvalue weighted by Crippen LogP contribution is 2.17. The van der Waals surface area contributed by atoms with E-state index in [1.54, 1.807) is 0 Å². The van der Waals surface area contributed by atoms with Gasteiger partial charge < -0.3 is 20.3 Å². The van der Waals surface area contributed by atoms with E-state index in [1.165, 1.54) is 5.69 Å². The molecule has 0 aromatic heterocycles. The van der Waals surface area contributed by atoms with Crippen LogP contribution in [0.4, 0.5) is 16.2 Å². The number of anilines is 2. The van der Waals surface area contributed by atoms with Gasteiger partial charge in [0.2, 0.25) is 0 Å². The maximum atomic E-state index is 11.8. The molecule has 1 aliphatic rings. The van der Waals surface area contributed by atoms with Crippen molar-refractivity contribution < 1.29 is 9.53 Å². The first-order valence-corrected chi connectivity index (χ1v) is 7.27. The molecule has 2 N–H and O–H groups in total. The van der Waals surface area contributed by atoms with E-state index in [0.29, 0.717) is 0 Å². The predicted molar refractivity (Wildman–Crippen MR) is 81.1 cm³/mol. The van der Waals surface area contributed by atoms with Crippen LogP contribution in [-0.4, -0.2) is 32.0 Å². The van der Waals surface area contributed by atoms with Gasteiger partial charge >= 0.3 is 6.03 Å². The van der Waals surface area contributed by atoms with Crippen molar-refractivity contribution in [2.75, 3.05) is 29.9 Å². The Morgan fingerprint density at radius 2 is 2.00 bits per heavy atom. The Kier molecular flexibility index (Phi) is 5.24. The number of amides is 2. The Hall–Kier alpha value is -1.75. The summed E-state index contributed by atoms with van der Waals surface area (Å²) in [4.78, 5) is 14.0. The molecule has 0 aliphatic carbocycles.